The molecule has 0 aromatic carbocycles. The second kappa shape index (κ2) is 4.85. The number of halogens is 1. The number of nitrogens with zero attached hydrogens (tertiary/aromatic N) is 3. The van der Waals surface area contributed by atoms with Crippen LogP contribution in [0.5, 0.6) is 0 Å². The third-order valence-corrected chi connectivity index (χ3v) is 2.77. The Kier molecular flexibility index (Phi) is 3.26. The molecule has 2 rings (SSSR count). The lowest BCUT2D eigenvalue weighted by molar-refractivity contribution is 1.04. The molecule has 2 heterocycles. The molecule has 0 aliphatic heterocycles. The maximum Gasteiger partial charge on any atom is 0.146 e. The molecule has 0 radical (unpaired) electrons. The minimum atomic E-state index is 0.344. The highest BCUT2D eigenvalue weighted by Crippen LogP contribution is 2.23. The molecule has 0 spiro atoms. The Morgan fingerprint density at radius 3 is 3.06 bits per heavy atom. The highest BCUT2D eigenvalue weighted by atomic mass is 35.5. The van der Waals surface area contributed by atoms with Gasteiger partial charge in [0.1, 0.15) is 16.9 Å². The molecule has 0 unspecified atom stereocenters. The average molecular weight is 248 g/mol. The van der Waals surface area contributed by atoms with Gasteiger partial charge in [-0.25, -0.2) is 4.98 Å². The molecule has 6 heteroatoms. The summed E-state index contributed by atoms with van der Waals surface area (Å²) in [6.45, 7) is 2.49. The summed E-state index contributed by atoms with van der Waals surface area (Å²) in [6, 6.07) is 3.59. The van der Waals surface area contributed by atoms with Gasteiger partial charge in [0.25, 0.3) is 0 Å². The van der Waals surface area contributed by atoms with E-state index in [4.69, 9.17) is 16.9 Å². The van der Waals surface area contributed by atoms with Crippen molar-refractivity contribution in [3.63, 3.8) is 0 Å². The number of rotatable bonds is 3. The van der Waals surface area contributed by atoms with Gasteiger partial charge in [0.05, 0.1) is 11.8 Å². The molecule has 0 aliphatic rings. The molecule has 2 N–H and O–H groups in total. The fraction of sp³-hybridized carbons (Fsp3) is 0.182. The number of nitrogens with one attached hydrogen (secondary N) is 2. The van der Waals surface area contributed by atoms with E-state index < -0.39 is 0 Å². The lowest BCUT2D eigenvalue weighted by atomic mass is 10.2. The van der Waals surface area contributed by atoms with E-state index in [2.05, 4.69) is 20.5 Å². The van der Waals surface area contributed by atoms with Crippen LogP contribution in [0, 0.1) is 18.3 Å². The van der Waals surface area contributed by atoms with Gasteiger partial charge in [-0.3, -0.25) is 5.10 Å². The van der Waals surface area contributed by atoms with E-state index >= 15 is 0 Å². The van der Waals surface area contributed by atoms with E-state index in [1.165, 1.54) is 0 Å². The summed E-state index contributed by atoms with van der Waals surface area (Å²) < 4.78 is 0. The van der Waals surface area contributed by atoms with E-state index in [9.17, 15) is 0 Å². The first-order valence-electron chi connectivity index (χ1n) is 4.99. The largest absolute Gasteiger partial charge is 0.365 e. The first-order valence-corrected chi connectivity index (χ1v) is 5.37. The average Bonchev–Trinajstić information content (AvgIpc) is 2.74. The Labute approximate surface area is 103 Å². The Balaban J connectivity index is 2.15. The van der Waals surface area contributed by atoms with Crippen molar-refractivity contribution in [1.82, 2.24) is 15.2 Å². The molecule has 2 aromatic rings. The summed E-state index contributed by atoms with van der Waals surface area (Å²) in [4.78, 5) is 4.09. The predicted octanol–water partition coefficient (Wildman–Crippen LogP) is 2.25. The van der Waals surface area contributed by atoms with Gasteiger partial charge in [0.2, 0.25) is 0 Å². The lowest BCUT2D eigenvalue weighted by Crippen LogP contribution is -2.03. The molecule has 0 amide bonds. The number of hydrogen-bond donors (Lipinski definition) is 2. The zero-order valence-electron chi connectivity index (χ0n) is 9.16. The van der Waals surface area contributed by atoms with Gasteiger partial charge in [-0.1, -0.05) is 11.6 Å². The predicted molar refractivity (Wildman–Crippen MR) is 64.6 cm³/mol. The number of anilines is 1. The summed E-state index contributed by atoms with van der Waals surface area (Å²) in [5, 5.41) is 19.0. The van der Waals surface area contributed by atoms with E-state index in [1.807, 2.05) is 13.0 Å². The van der Waals surface area contributed by atoms with Crippen molar-refractivity contribution in [3.05, 3.63) is 40.3 Å². The van der Waals surface area contributed by atoms with Gasteiger partial charge in [0, 0.05) is 24.0 Å². The number of aromatic nitrogens is 3. The molecular weight excluding hydrogens is 238 g/mol. The maximum atomic E-state index is 8.83. The smallest absolute Gasteiger partial charge is 0.146 e. The third-order valence-electron chi connectivity index (χ3n) is 2.39. The summed E-state index contributed by atoms with van der Waals surface area (Å²) >= 11 is 6.02. The Bertz CT molecular complexity index is 569. The number of aryl methyl sites for hydroxylation is 1. The number of nitriles is 1. The Morgan fingerprint density at radius 2 is 2.41 bits per heavy atom. The fourth-order valence-electron chi connectivity index (χ4n) is 1.39. The van der Waals surface area contributed by atoms with Gasteiger partial charge >= 0.3 is 0 Å². The standard InChI is InChI=1S/C11H10ClN5/c1-7-9(6-16-17-7)5-15-11-10(12)8(4-13)2-3-14-11/h2-3,6H,5H2,1H3,(H,14,15)(H,16,17). The summed E-state index contributed by atoms with van der Waals surface area (Å²) in [5.74, 6) is 0.506. The summed E-state index contributed by atoms with van der Waals surface area (Å²) in [7, 11) is 0. The van der Waals surface area contributed by atoms with Crippen LogP contribution >= 0.6 is 11.6 Å². The number of H-pyrrole nitrogens is 1. The van der Waals surface area contributed by atoms with Crippen molar-refractivity contribution in [1.29, 1.82) is 5.26 Å². The van der Waals surface area contributed by atoms with Crippen LogP contribution in [0.15, 0.2) is 18.5 Å². The van der Waals surface area contributed by atoms with E-state index in [0.29, 0.717) is 22.9 Å². The zero-order valence-corrected chi connectivity index (χ0v) is 9.91. The van der Waals surface area contributed by atoms with Crippen LogP contribution in [0.3, 0.4) is 0 Å². The van der Waals surface area contributed by atoms with Gasteiger partial charge in [0.15, 0.2) is 0 Å². The van der Waals surface area contributed by atoms with Crippen LogP contribution in [0.25, 0.3) is 0 Å². The quantitative estimate of drug-likeness (QED) is 0.872. The van der Waals surface area contributed by atoms with E-state index in [-0.39, 0.29) is 0 Å². The Hall–Kier alpha value is -2.06. The summed E-state index contributed by atoms with van der Waals surface area (Å²) in [6.07, 6.45) is 3.29. The fourth-order valence-corrected chi connectivity index (χ4v) is 1.61. The van der Waals surface area contributed by atoms with Crippen molar-refractivity contribution in [2.45, 2.75) is 13.5 Å². The molecule has 0 atom stereocenters. The molecule has 0 saturated heterocycles. The van der Waals surface area contributed by atoms with Crippen molar-refractivity contribution in [3.8, 4) is 6.07 Å². The Morgan fingerprint density at radius 1 is 1.59 bits per heavy atom. The minimum Gasteiger partial charge on any atom is -0.365 e. The second-order valence-electron chi connectivity index (χ2n) is 3.51. The molecule has 2 aromatic heterocycles. The van der Waals surface area contributed by atoms with Gasteiger partial charge in [-0.15, -0.1) is 0 Å². The van der Waals surface area contributed by atoms with Crippen LogP contribution < -0.4 is 5.32 Å². The topological polar surface area (TPSA) is 77.4 Å². The highest BCUT2D eigenvalue weighted by molar-refractivity contribution is 6.34. The monoisotopic (exact) mass is 247 g/mol. The molecule has 5 nitrogen and oxygen atoms in total. The molecule has 0 bridgehead atoms. The van der Waals surface area contributed by atoms with Crippen LogP contribution in [-0.2, 0) is 6.54 Å². The van der Waals surface area contributed by atoms with Gasteiger partial charge in [-0.05, 0) is 13.0 Å². The third kappa shape index (κ3) is 2.37. The van der Waals surface area contributed by atoms with Crippen molar-refractivity contribution < 1.29 is 0 Å². The van der Waals surface area contributed by atoms with E-state index in [0.717, 1.165) is 11.3 Å². The first-order chi connectivity index (χ1) is 8.22. The molecule has 17 heavy (non-hydrogen) atoms. The van der Waals surface area contributed by atoms with Crippen LogP contribution in [-0.4, -0.2) is 15.2 Å². The number of pyridine rings is 1. The SMILES string of the molecule is Cc1[nH]ncc1CNc1nccc(C#N)c1Cl. The van der Waals surface area contributed by atoms with Crippen molar-refractivity contribution in [2.75, 3.05) is 5.32 Å². The minimum absolute atomic E-state index is 0.344. The highest BCUT2D eigenvalue weighted by Gasteiger charge is 2.07. The van der Waals surface area contributed by atoms with Crippen molar-refractivity contribution in [2.24, 2.45) is 0 Å². The van der Waals surface area contributed by atoms with Crippen LogP contribution in [0.4, 0.5) is 5.82 Å². The number of aromatic amines is 1. The summed E-state index contributed by atoms with van der Waals surface area (Å²) in [5.41, 5.74) is 2.43. The normalized spacial score (nSPS) is 9.94. The van der Waals surface area contributed by atoms with Gasteiger partial charge < -0.3 is 5.32 Å². The van der Waals surface area contributed by atoms with Gasteiger partial charge in [-0.2, -0.15) is 10.4 Å². The zero-order chi connectivity index (χ0) is 12.3. The maximum absolute atomic E-state index is 8.83. The first kappa shape index (κ1) is 11.4. The lowest BCUT2D eigenvalue weighted by Gasteiger charge is -2.07. The van der Waals surface area contributed by atoms with Crippen molar-refractivity contribution >= 4 is 17.4 Å². The molecule has 0 fully saturated rings. The molecule has 0 saturated carbocycles. The number of hydrogen-bond acceptors (Lipinski definition) is 4. The molecule has 86 valence electrons. The molecule has 0 aliphatic carbocycles. The second-order valence-corrected chi connectivity index (χ2v) is 3.88. The van der Waals surface area contributed by atoms with Crippen LogP contribution in [0.1, 0.15) is 16.8 Å². The molecular formula is C11H10ClN5. The van der Waals surface area contributed by atoms with Crippen LogP contribution in [0.2, 0.25) is 5.02 Å². The van der Waals surface area contributed by atoms with E-state index in [1.54, 1.807) is 18.5 Å².